The number of nitrogens with zero attached hydrogens (tertiary/aromatic N) is 1. The van der Waals surface area contributed by atoms with Gasteiger partial charge in [0.25, 0.3) is 0 Å². The summed E-state index contributed by atoms with van der Waals surface area (Å²) >= 11 is 12.7. The minimum atomic E-state index is -0.773. The molecule has 0 aliphatic rings. The van der Waals surface area contributed by atoms with Gasteiger partial charge in [-0.15, -0.1) is 0 Å². The van der Waals surface area contributed by atoms with Gasteiger partial charge in [0.05, 0.1) is 36.8 Å². The number of rotatable bonds is 9. The summed E-state index contributed by atoms with van der Waals surface area (Å²) in [5, 5.41) is 0.589. The molecule has 0 saturated heterocycles. The van der Waals surface area contributed by atoms with Crippen LogP contribution in [0, 0.1) is 0 Å². The maximum Gasteiger partial charge on any atom is 0.203 e. The molecule has 5 nitrogen and oxygen atoms in total. The van der Waals surface area contributed by atoms with Gasteiger partial charge in [0.15, 0.2) is 11.5 Å². The van der Waals surface area contributed by atoms with E-state index in [4.69, 9.17) is 37.4 Å². The van der Waals surface area contributed by atoms with Crippen LogP contribution in [0.1, 0.15) is 35.4 Å². The van der Waals surface area contributed by atoms with Gasteiger partial charge >= 0.3 is 0 Å². The van der Waals surface area contributed by atoms with Crippen LogP contribution in [0.25, 0.3) is 0 Å². The number of benzene rings is 2. The Hall–Kier alpha value is -2.76. The fourth-order valence-corrected chi connectivity index (χ4v) is 4.01. The quantitative estimate of drug-likeness (QED) is 0.371. The number of pyridine rings is 1. The summed E-state index contributed by atoms with van der Waals surface area (Å²) in [4.78, 5) is 16.2. The van der Waals surface area contributed by atoms with Crippen LogP contribution in [-0.2, 0) is 4.79 Å². The van der Waals surface area contributed by atoms with Crippen LogP contribution in [0.5, 0.6) is 17.2 Å². The zero-order chi connectivity index (χ0) is 22.4. The standard InChI is InChI=1S/C24H23Cl2NO4/c1-15(16-7-5-4-6-8-16)14-31-23-17(9-10-21(29-2)24(23)30-3)18(13-28)22-19(25)11-27-12-20(22)26/h4-13,15,18H,14H2,1-3H3. The molecule has 0 aliphatic carbocycles. The van der Waals surface area contributed by atoms with Crippen LogP contribution in [0.2, 0.25) is 10.0 Å². The molecule has 0 bridgehead atoms. The molecule has 1 heterocycles. The van der Waals surface area contributed by atoms with Crippen molar-refractivity contribution < 1.29 is 19.0 Å². The van der Waals surface area contributed by atoms with Crippen molar-refractivity contribution in [2.24, 2.45) is 0 Å². The Morgan fingerprint density at radius 1 is 0.968 bits per heavy atom. The number of hydrogen-bond acceptors (Lipinski definition) is 5. The second-order valence-electron chi connectivity index (χ2n) is 6.97. The van der Waals surface area contributed by atoms with E-state index in [0.717, 1.165) is 11.8 Å². The molecule has 2 unspecified atom stereocenters. The molecule has 0 spiro atoms. The van der Waals surface area contributed by atoms with Gasteiger partial charge in [-0.25, -0.2) is 0 Å². The summed E-state index contributed by atoms with van der Waals surface area (Å²) in [5.74, 6) is 0.627. The molecule has 2 atom stereocenters. The van der Waals surface area contributed by atoms with E-state index in [9.17, 15) is 4.79 Å². The Balaban J connectivity index is 2.06. The molecule has 0 amide bonds. The maximum atomic E-state index is 12.2. The Bertz CT molecular complexity index is 1020. The molecule has 31 heavy (non-hydrogen) atoms. The largest absolute Gasteiger partial charge is 0.493 e. The number of hydrogen-bond donors (Lipinski definition) is 0. The lowest BCUT2D eigenvalue weighted by molar-refractivity contribution is -0.108. The van der Waals surface area contributed by atoms with E-state index in [1.54, 1.807) is 19.2 Å². The molecular formula is C24H23Cl2NO4. The fraction of sp³-hybridized carbons (Fsp3) is 0.250. The highest BCUT2D eigenvalue weighted by atomic mass is 35.5. The molecule has 2 aromatic carbocycles. The van der Waals surface area contributed by atoms with Crippen molar-refractivity contribution in [2.75, 3.05) is 20.8 Å². The summed E-state index contributed by atoms with van der Waals surface area (Å²) in [5.41, 5.74) is 2.17. The summed E-state index contributed by atoms with van der Waals surface area (Å²) in [6.45, 7) is 2.43. The van der Waals surface area contributed by atoms with Gasteiger partial charge in [-0.2, -0.15) is 0 Å². The predicted molar refractivity (Wildman–Crippen MR) is 122 cm³/mol. The lowest BCUT2D eigenvalue weighted by Crippen LogP contribution is -2.13. The van der Waals surface area contributed by atoms with Gasteiger partial charge in [0, 0.05) is 29.4 Å². The van der Waals surface area contributed by atoms with E-state index in [-0.39, 0.29) is 5.92 Å². The van der Waals surface area contributed by atoms with Crippen molar-refractivity contribution in [1.82, 2.24) is 4.98 Å². The van der Waals surface area contributed by atoms with E-state index in [1.807, 2.05) is 30.3 Å². The van der Waals surface area contributed by atoms with E-state index in [1.165, 1.54) is 19.5 Å². The summed E-state index contributed by atoms with van der Waals surface area (Å²) < 4.78 is 17.3. The third kappa shape index (κ3) is 4.94. The first-order valence-electron chi connectivity index (χ1n) is 9.68. The van der Waals surface area contributed by atoms with Gasteiger partial charge in [0.2, 0.25) is 5.75 Å². The second kappa shape index (κ2) is 10.5. The molecule has 0 N–H and O–H groups in total. The number of halogens is 2. The third-order valence-corrected chi connectivity index (χ3v) is 5.65. The molecule has 0 saturated carbocycles. The Labute approximate surface area is 191 Å². The second-order valence-corrected chi connectivity index (χ2v) is 7.79. The first-order chi connectivity index (χ1) is 15.0. The normalized spacial score (nSPS) is 12.7. The maximum absolute atomic E-state index is 12.2. The molecule has 162 valence electrons. The number of aromatic nitrogens is 1. The van der Waals surface area contributed by atoms with Crippen LogP contribution < -0.4 is 14.2 Å². The molecular weight excluding hydrogens is 437 g/mol. The Morgan fingerprint density at radius 3 is 2.23 bits per heavy atom. The van der Waals surface area contributed by atoms with Crippen molar-refractivity contribution in [3.8, 4) is 17.2 Å². The van der Waals surface area contributed by atoms with Crippen LogP contribution in [0.4, 0.5) is 0 Å². The lowest BCUT2D eigenvalue weighted by Gasteiger charge is -2.23. The third-order valence-electron chi connectivity index (χ3n) is 5.05. The lowest BCUT2D eigenvalue weighted by atomic mass is 9.91. The van der Waals surface area contributed by atoms with Crippen LogP contribution in [-0.4, -0.2) is 32.1 Å². The van der Waals surface area contributed by atoms with Gasteiger partial charge in [0.1, 0.15) is 6.29 Å². The minimum absolute atomic E-state index is 0.104. The fourth-order valence-electron chi connectivity index (χ4n) is 3.41. The highest BCUT2D eigenvalue weighted by molar-refractivity contribution is 6.36. The smallest absolute Gasteiger partial charge is 0.203 e. The number of carbonyl (C=O) groups excluding carboxylic acids is 1. The zero-order valence-corrected chi connectivity index (χ0v) is 19.0. The van der Waals surface area contributed by atoms with Crippen molar-refractivity contribution in [1.29, 1.82) is 0 Å². The van der Waals surface area contributed by atoms with Gasteiger partial charge < -0.3 is 19.0 Å². The summed E-state index contributed by atoms with van der Waals surface area (Å²) in [6, 6.07) is 13.5. The van der Waals surface area contributed by atoms with E-state index >= 15 is 0 Å². The van der Waals surface area contributed by atoms with Crippen LogP contribution in [0.15, 0.2) is 54.9 Å². The van der Waals surface area contributed by atoms with Gasteiger partial charge in [-0.05, 0) is 11.6 Å². The summed E-state index contributed by atoms with van der Waals surface area (Å²) in [6.07, 6.45) is 3.69. The minimum Gasteiger partial charge on any atom is -0.493 e. The topological polar surface area (TPSA) is 57.7 Å². The van der Waals surface area contributed by atoms with Crippen molar-refractivity contribution >= 4 is 29.5 Å². The average Bonchev–Trinajstić information content (AvgIpc) is 2.80. The average molecular weight is 460 g/mol. The van der Waals surface area contributed by atoms with Crippen molar-refractivity contribution in [3.63, 3.8) is 0 Å². The van der Waals surface area contributed by atoms with E-state index < -0.39 is 5.92 Å². The number of ether oxygens (including phenoxy) is 3. The molecule has 0 radical (unpaired) electrons. The highest BCUT2D eigenvalue weighted by Gasteiger charge is 2.27. The SMILES string of the molecule is COc1ccc(C(C=O)c2c(Cl)cncc2Cl)c(OCC(C)c2ccccc2)c1OC. The van der Waals surface area contributed by atoms with Crippen molar-refractivity contribution in [3.05, 3.63) is 81.6 Å². The molecule has 1 aromatic heterocycles. The molecule has 3 aromatic rings. The molecule has 3 rings (SSSR count). The van der Waals surface area contributed by atoms with E-state index in [0.29, 0.717) is 45.0 Å². The monoisotopic (exact) mass is 459 g/mol. The molecule has 7 heteroatoms. The molecule has 0 aliphatic heterocycles. The van der Waals surface area contributed by atoms with Crippen molar-refractivity contribution in [2.45, 2.75) is 18.8 Å². The van der Waals surface area contributed by atoms with Crippen LogP contribution >= 0.6 is 23.2 Å². The van der Waals surface area contributed by atoms with Crippen LogP contribution in [0.3, 0.4) is 0 Å². The van der Waals surface area contributed by atoms with Gasteiger partial charge in [-0.3, -0.25) is 4.98 Å². The van der Waals surface area contributed by atoms with Gasteiger partial charge in [-0.1, -0.05) is 66.5 Å². The zero-order valence-electron chi connectivity index (χ0n) is 17.5. The Kier molecular flexibility index (Phi) is 7.77. The first-order valence-corrected chi connectivity index (χ1v) is 10.4. The van der Waals surface area contributed by atoms with E-state index in [2.05, 4.69) is 11.9 Å². The number of methoxy groups -OCH3 is 2. The first kappa shape index (κ1) is 22.9. The Morgan fingerprint density at radius 2 is 1.65 bits per heavy atom. The number of carbonyl (C=O) groups is 1. The summed E-state index contributed by atoms with van der Waals surface area (Å²) in [7, 11) is 3.07. The number of aldehydes is 1. The molecule has 0 fully saturated rings. The predicted octanol–water partition coefficient (Wildman–Crippen LogP) is 5.92. The highest BCUT2D eigenvalue weighted by Crippen LogP contribution is 2.46.